The molecule has 0 bridgehead atoms. The van der Waals surface area contributed by atoms with Gasteiger partial charge in [-0.05, 0) is 0 Å². The van der Waals surface area contributed by atoms with Crippen LogP contribution in [0.2, 0.25) is 0 Å². The number of aromatic nitrogens is 2. The summed E-state index contributed by atoms with van der Waals surface area (Å²) in [5.74, 6) is 0. The lowest BCUT2D eigenvalue weighted by atomic mass is 10.4. The standard InChI is InChI=1S/C4H4N2O2.C4H6O2/c7-3-1-2-5-4(8)6-3;1-3-4(6-3)2-5-1/h1-2H,(H2,5,6,7,8);3-4H,1-2H2. The van der Waals surface area contributed by atoms with Crippen molar-refractivity contribution in [3.8, 4) is 0 Å². The van der Waals surface area contributed by atoms with Crippen LogP contribution in [0, 0.1) is 0 Å². The van der Waals surface area contributed by atoms with Gasteiger partial charge >= 0.3 is 5.69 Å². The minimum Gasteiger partial charge on any atom is -0.376 e. The van der Waals surface area contributed by atoms with E-state index in [0.29, 0.717) is 12.2 Å². The van der Waals surface area contributed by atoms with Crippen LogP contribution < -0.4 is 11.2 Å². The third kappa shape index (κ3) is 2.30. The van der Waals surface area contributed by atoms with Gasteiger partial charge in [-0.25, -0.2) is 4.79 Å². The highest BCUT2D eigenvalue weighted by molar-refractivity contribution is 4.88. The molecule has 2 aliphatic heterocycles. The molecule has 0 spiro atoms. The molecule has 14 heavy (non-hydrogen) atoms. The topological polar surface area (TPSA) is 87.5 Å². The first kappa shape index (κ1) is 9.17. The molecule has 6 heteroatoms. The fraction of sp³-hybridized carbons (Fsp3) is 0.500. The fourth-order valence-corrected chi connectivity index (χ4v) is 1.16. The van der Waals surface area contributed by atoms with E-state index in [9.17, 15) is 9.59 Å². The average Bonchev–Trinajstić information content (AvgIpc) is 2.74. The van der Waals surface area contributed by atoms with Gasteiger partial charge in [0.25, 0.3) is 5.56 Å². The molecule has 2 unspecified atom stereocenters. The summed E-state index contributed by atoms with van der Waals surface area (Å²) in [6.45, 7) is 1.68. The first-order chi connectivity index (χ1) is 6.75. The monoisotopic (exact) mass is 198 g/mol. The third-order valence-electron chi connectivity index (χ3n) is 1.94. The number of epoxide rings is 1. The van der Waals surface area contributed by atoms with E-state index in [2.05, 4.69) is 4.98 Å². The summed E-state index contributed by atoms with van der Waals surface area (Å²) in [5, 5.41) is 0. The molecule has 0 aliphatic carbocycles. The van der Waals surface area contributed by atoms with Crippen molar-refractivity contribution in [3.63, 3.8) is 0 Å². The van der Waals surface area contributed by atoms with Crippen molar-refractivity contribution >= 4 is 0 Å². The molecule has 0 radical (unpaired) electrons. The maximum atomic E-state index is 10.2. The van der Waals surface area contributed by atoms with E-state index in [1.165, 1.54) is 12.3 Å². The van der Waals surface area contributed by atoms with Crippen molar-refractivity contribution < 1.29 is 9.47 Å². The summed E-state index contributed by atoms with van der Waals surface area (Å²) in [7, 11) is 0. The van der Waals surface area contributed by atoms with Gasteiger partial charge in [-0.3, -0.25) is 9.78 Å². The van der Waals surface area contributed by atoms with Crippen molar-refractivity contribution in [2.24, 2.45) is 0 Å². The summed E-state index contributed by atoms with van der Waals surface area (Å²) in [5.41, 5.74) is -0.855. The lowest BCUT2D eigenvalue weighted by molar-refractivity contribution is 0.100. The molecule has 2 aliphatic rings. The highest BCUT2D eigenvalue weighted by atomic mass is 16.7. The molecule has 1 aromatic rings. The van der Waals surface area contributed by atoms with Crippen LogP contribution in [0.15, 0.2) is 21.9 Å². The Labute approximate surface area is 78.9 Å². The minimum atomic E-state index is -0.475. The Morgan fingerprint density at radius 2 is 2.00 bits per heavy atom. The lowest BCUT2D eigenvalue weighted by Crippen LogP contribution is -2.19. The van der Waals surface area contributed by atoms with E-state index in [-0.39, 0.29) is 5.56 Å². The van der Waals surface area contributed by atoms with E-state index >= 15 is 0 Å². The maximum Gasteiger partial charge on any atom is 0.325 e. The second kappa shape index (κ2) is 3.77. The summed E-state index contributed by atoms with van der Waals surface area (Å²) in [4.78, 5) is 24.7. The van der Waals surface area contributed by atoms with E-state index in [0.717, 1.165) is 13.2 Å². The third-order valence-corrected chi connectivity index (χ3v) is 1.94. The fourth-order valence-electron chi connectivity index (χ4n) is 1.16. The second-order valence-corrected chi connectivity index (χ2v) is 3.05. The Morgan fingerprint density at radius 3 is 2.29 bits per heavy atom. The molecule has 3 rings (SSSR count). The van der Waals surface area contributed by atoms with E-state index in [1.54, 1.807) is 0 Å². The Morgan fingerprint density at radius 1 is 1.29 bits per heavy atom. The minimum absolute atomic E-state index is 0.381. The molecule has 2 fully saturated rings. The number of rotatable bonds is 0. The predicted molar refractivity (Wildman–Crippen MR) is 47.2 cm³/mol. The molecule has 0 amide bonds. The second-order valence-electron chi connectivity index (χ2n) is 3.05. The number of nitrogens with one attached hydrogen (secondary N) is 2. The summed E-state index contributed by atoms with van der Waals surface area (Å²) in [6.07, 6.45) is 2.27. The van der Waals surface area contributed by atoms with Crippen LogP contribution in [0.3, 0.4) is 0 Å². The molecule has 1 aromatic heterocycles. The van der Waals surface area contributed by atoms with Gasteiger partial charge in [-0.2, -0.15) is 0 Å². The van der Waals surface area contributed by atoms with Crippen molar-refractivity contribution in [1.29, 1.82) is 0 Å². The number of aromatic amines is 2. The van der Waals surface area contributed by atoms with Gasteiger partial charge in [0.05, 0.1) is 13.2 Å². The summed E-state index contributed by atoms with van der Waals surface area (Å²) < 4.78 is 10.0. The summed E-state index contributed by atoms with van der Waals surface area (Å²) in [6, 6.07) is 1.24. The molecule has 0 aromatic carbocycles. The zero-order valence-corrected chi connectivity index (χ0v) is 7.36. The highest BCUT2D eigenvalue weighted by Crippen LogP contribution is 2.27. The molecule has 0 saturated carbocycles. The quantitative estimate of drug-likeness (QED) is 0.515. The van der Waals surface area contributed by atoms with Gasteiger partial charge in [0, 0.05) is 12.3 Å². The van der Waals surface area contributed by atoms with Crippen molar-refractivity contribution in [2.75, 3.05) is 13.2 Å². The van der Waals surface area contributed by atoms with Crippen LogP contribution in [0.1, 0.15) is 0 Å². The smallest absolute Gasteiger partial charge is 0.325 e. The van der Waals surface area contributed by atoms with Crippen LogP contribution in [0.25, 0.3) is 0 Å². The van der Waals surface area contributed by atoms with Gasteiger partial charge in [0.1, 0.15) is 12.2 Å². The van der Waals surface area contributed by atoms with Gasteiger partial charge in [-0.15, -0.1) is 0 Å². The average molecular weight is 198 g/mol. The first-order valence-corrected chi connectivity index (χ1v) is 4.27. The zero-order chi connectivity index (χ0) is 9.97. The van der Waals surface area contributed by atoms with E-state index in [4.69, 9.17) is 9.47 Å². The number of H-pyrrole nitrogens is 2. The van der Waals surface area contributed by atoms with Crippen molar-refractivity contribution in [2.45, 2.75) is 12.2 Å². The molecule has 6 nitrogen and oxygen atoms in total. The Hall–Kier alpha value is -1.40. The van der Waals surface area contributed by atoms with Crippen molar-refractivity contribution in [3.05, 3.63) is 33.1 Å². The molecule has 2 atom stereocenters. The molecule has 2 N–H and O–H groups in total. The van der Waals surface area contributed by atoms with Crippen LogP contribution in [0.4, 0.5) is 0 Å². The van der Waals surface area contributed by atoms with E-state index < -0.39 is 5.69 Å². The largest absolute Gasteiger partial charge is 0.376 e. The Kier molecular flexibility index (Phi) is 2.47. The zero-order valence-electron chi connectivity index (χ0n) is 7.36. The number of hydrogen-bond donors (Lipinski definition) is 2. The Bertz CT molecular complexity index is 377. The first-order valence-electron chi connectivity index (χ1n) is 4.27. The summed E-state index contributed by atoms with van der Waals surface area (Å²) >= 11 is 0. The predicted octanol–water partition coefficient (Wildman–Crippen LogP) is -1.15. The van der Waals surface area contributed by atoms with E-state index in [1.807, 2.05) is 4.98 Å². The molecular formula is C8H10N2O4. The van der Waals surface area contributed by atoms with Crippen LogP contribution >= 0.6 is 0 Å². The number of hydrogen-bond acceptors (Lipinski definition) is 4. The van der Waals surface area contributed by atoms with Gasteiger partial charge in [0.2, 0.25) is 0 Å². The van der Waals surface area contributed by atoms with Gasteiger partial charge in [0.15, 0.2) is 0 Å². The van der Waals surface area contributed by atoms with Crippen LogP contribution in [-0.2, 0) is 9.47 Å². The maximum absolute atomic E-state index is 10.2. The molecule has 76 valence electrons. The van der Waals surface area contributed by atoms with Crippen LogP contribution in [-0.4, -0.2) is 35.4 Å². The highest BCUT2D eigenvalue weighted by Gasteiger charge is 2.43. The normalized spacial score (nSPS) is 27.4. The number of fused-ring (bicyclic) bond motifs is 1. The van der Waals surface area contributed by atoms with Gasteiger partial charge in [-0.1, -0.05) is 0 Å². The van der Waals surface area contributed by atoms with Gasteiger partial charge < -0.3 is 14.5 Å². The van der Waals surface area contributed by atoms with Crippen molar-refractivity contribution in [1.82, 2.24) is 9.97 Å². The lowest BCUT2D eigenvalue weighted by Gasteiger charge is -1.87. The number of ether oxygens (including phenoxy) is 2. The van der Waals surface area contributed by atoms with Crippen LogP contribution in [0.5, 0.6) is 0 Å². The Balaban J connectivity index is 0.000000110. The SMILES string of the molecule is C1OCC2OC12.O=c1cc[nH]c(=O)[nH]1. The molecular weight excluding hydrogens is 188 g/mol. The molecule has 2 saturated heterocycles. The molecule has 3 heterocycles.